The maximum atomic E-state index is 5.34. The summed E-state index contributed by atoms with van der Waals surface area (Å²) in [6.07, 6.45) is 5.40. The predicted octanol–water partition coefficient (Wildman–Crippen LogP) is 1.49. The molecule has 90 valence electrons. The van der Waals surface area contributed by atoms with Gasteiger partial charge in [-0.05, 0) is 46.3 Å². The Morgan fingerprint density at radius 1 is 1.33 bits per heavy atom. The maximum absolute atomic E-state index is 5.34. The molecule has 0 aromatic rings. The Hall–Kier alpha value is -0.120. The van der Waals surface area contributed by atoms with Gasteiger partial charge in [-0.3, -0.25) is 0 Å². The zero-order chi connectivity index (χ0) is 10.9. The van der Waals surface area contributed by atoms with Gasteiger partial charge < -0.3 is 15.0 Å². The van der Waals surface area contributed by atoms with Gasteiger partial charge in [0.1, 0.15) is 0 Å². The number of hydrogen-bond donors (Lipinski definition) is 1. The highest BCUT2D eigenvalue weighted by atomic mass is 16.5. The molecule has 1 unspecified atom stereocenters. The molecule has 0 aromatic heterocycles. The summed E-state index contributed by atoms with van der Waals surface area (Å²) in [5.41, 5.74) is 0. The lowest BCUT2D eigenvalue weighted by Crippen LogP contribution is -2.37. The van der Waals surface area contributed by atoms with E-state index in [0.717, 1.165) is 25.8 Å². The summed E-state index contributed by atoms with van der Waals surface area (Å²) in [5.74, 6) is 0. The fraction of sp³-hybridized carbons (Fsp3) is 1.00. The smallest absolute Gasteiger partial charge is 0.0593 e. The highest BCUT2D eigenvalue weighted by molar-refractivity contribution is 4.73. The minimum atomic E-state index is 0.758. The van der Waals surface area contributed by atoms with Gasteiger partial charge in [-0.2, -0.15) is 0 Å². The van der Waals surface area contributed by atoms with Crippen LogP contribution in [-0.2, 0) is 4.74 Å². The Labute approximate surface area is 94.2 Å². The number of ether oxygens (including phenoxy) is 1. The van der Waals surface area contributed by atoms with Crippen molar-refractivity contribution in [3.05, 3.63) is 0 Å². The van der Waals surface area contributed by atoms with E-state index in [2.05, 4.69) is 17.3 Å². The molecule has 0 aromatic carbocycles. The molecule has 1 aliphatic rings. The second-order valence-electron chi connectivity index (χ2n) is 4.44. The number of rotatable bonds is 7. The Bertz CT molecular complexity index is 147. The van der Waals surface area contributed by atoms with Gasteiger partial charge in [-0.15, -0.1) is 0 Å². The van der Waals surface area contributed by atoms with E-state index in [1.165, 1.54) is 38.8 Å². The molecule has 0 saturated carbocycles. The Balaban J connectivity index is 1.97. The van der Waals surface area contributed by atoms with Crippen LogP contribution in [-0.4, -0.2) is 50.8 Å². The van der Waals surface area contributed by atoms with Crippen molar-refractivity contribution in [2.45, 2.75) is 38.6 Å². The zero-order valence-corrected chi connectivity index (χ0v) is 10.3. The molecule has 1 saturated heterocycles. The van der Waals surface area contributed by atoms with Gasteiger partial charge in [0.25, 0.3) is 0 Å². The zero-order valence-electron chi connectivity index (χ0n) is 10.3. The summed E-state index contributed by atoms with van der Waals surface area (Å²) in [6.45, 7) is 7.20. The van der Waals surface area contributed by atoms with Gasteiger partial charge in [0.05, 0.1) is 6.61 Å². The van der Waals surface area contributed by atoms with Crippen molar-refractivity contribution in [1.82, 2.24) is 10.2 Å². The van der Waals surface area contributed by atoms with Gasteiger partial charge >= 0.3 is 0 Å². The third-order valence-electron chi connectivity index (χ3n) is 3.09. The molecule has 0 bridgehead atoms. The second-order valence-corrected chi connectivity index (χ2v) is 4.44. The average molecular weight is 214 g/mol. The van der Waals surface area contributed by atoms with E-state index < -0.39 is 0 Å². The Morgan fingerprint density at radius 3 is 2.87 bits per heavy atom. The molecule has 0 amide bonds. The quantitative estimate of drug-likeness (QED) is 0.650. The molecule has 15 heavy (non-hydrogen) atoms. The van der Waals surface area contributed by atoms with Crippen molar-refractivity contribution in [3.8, 4) is 0 Å². The normalized spacial score (nSPS) is 22.2. The van der Waals surface area contributed by atoms with Crippen LogP contribution in [0.1, 0.15) is 32.6 Å². The minimum absolute atomic E-state index is 0.758. The van der Waals surface area contributed by atoms with E-state index in [4.69, 9.17) is 4.74 Å². The monoisotopic (exact) mass is 214 g/mol. The largest absolute Gasteiger partial charge is 0.380 e. The number of likely N-dealkylation sites (N-methyl/N-ethyl adjacent to an activating group) is 1. The average Bonchev–Trinajstić information content (AvgIpc) is 2.28. The summed E-state index contributed by atoms with van der Waals surface area (Å²) in [6, 6.07) is 0.758. The number of nitrogens with one attached hydrogen (secondary N) is 1. The van der Waals surface area contributed by atoms with Crippen LogP contribution in [0.15, 0.2) is 0 Å². The van der Waals surface area contributed by atoms with Crippen molar-refractivity contribution in [2.24, 2.45) is 0 Å². The van der Waals surface area contributed by atoms with Crippen LogP contribution in [0.4, 0.5) is 0 Å². The topological polar surface area (TPSA) is 24.5 Å². The predicted molar refractivity (Wildman–Crippen MR) is 64.2 cm³/mol. The van der Waals surface area contributed by atoms with Crippen LogP contribution >= 0.6 is 0 Å². The van der Waals surface area contributed by atoms with Crippen molar-refractivity contribution in [2.75, 3.05) is 39.9 Å². The first-order valence-electron chi connectivity index (χ1n) is 6.32. The summed E-state index contributed by atoms with van der Waals surface area (Å²) >= 11 is 0. The molecule has 1 fully saturated rings. The number of hydrogen-bond acceptors (Lipinski definition) is 3. The van der Waals surface area contributed by atoms with Gasteiger partial charge in [0.2, 0.25) is 0 Å². The first-order chi connectivity index (χ1) is 7.33. The van der Waals surface area contributed by atoms with Crippen molar-refractivity contribution in [3.63, 3.8) is 0 Å². The molecule has 0 spiro atoms. The lowest BCUT2D eigenvalue weighted by molar-refractivity contribution is 0.120. The van der Waals surface area contributed by atoms with Crippen LogP contribution < -0.4 is 5.32 Å². The van der Waals surface area contributed by atoms with Crippen LogP contribution in [0.25, 0.3) is 0 Å². The summed E-state index contributed by atoms with van der Waals surface area (Å²) < 4.78 is 5.34. The molecule has 1 rings (SSSR count). The standard InChI is InChI=1S/C12H26N2O/c1-3-15-11-10-14(2)9-7-12-6-4-5-8-13-12/h12-13H,3-11H2,1-2H3. The third-order valence-corrected chi connectivity index (χ3v) is 3.09. The van der Waals surface area contributed by atoms with E-state index in [9.17, 15) is 0 Å². The van der Waals surface area contributed by atoms with Crippen LogP contribution in [0.5, 0.6) is 0 Å². The lowest BCUT2D eigenvalue weighted by atomic mass is 10.0. The van der Waals surface area contributed by atoms with E-state index in [0.29, 0.717) is 0 Å². The Kier molecular flexibility index (Phi) is 6.98. The summed E-state index contributed by atoms with van der Waals surface area (Å²) in [4.78, 5) is 2.37. The minimum Gasteiger partial charge on any atom is -0.380 e. The van der Waals surface area contributed by atoms with Crippen LogP contribution in [0.2, 0.25) is 0 Å². The van der Waals surface area contributed by atoms with E-state index >= 15 is 0 Å². The number of nitrogens with zero attached hydrogens (tertiary/aromatic N) is 1. The lowest BCUT2D eigenvalue weighted by Gasteiger charge is -2.25. The third kappa shape index (κ3) is 6.13. The van der Waals surface area contributed by atoms with Gasteiger partial charge in [0.15, 0.2) is 0 Å². The van der Waals surface area contributed by atoms with Gasteiger partial charge in [-0.1, -0.05) is 6.42 Å². The van der Waals surface area contributed by atoms with Gasteiger partial charge in [0, 0.05) is 19.2 Å². The molecular weight excluding hydrogens is 188 g/mol. The van der Waals surface area contributed by atoms with Crippen molar-refractivity contribution in [1.29, 1.82) is 0 Å². The van der Waals surface area contributed by atoms with E-state index in [-0.39, 0.29) is 0 Å². The molecule has 1 aliphatic heterocycles. The molecule has 0 aliphatic carbocycles. The molecule has 3 heteroatoms. The first kappa shape index (κ1) is 12.9. The van der Waals surface area contributed by atoms with Crippen molar-refractivity contribution < 1.29 is 4.74 Å². The number of piperidine rings is 1. The Morgan fingerprint density at radius 2 is 2.20 bits per heavy atom. The highest BCUT2D eigenvalue weighted by Crippen LogP contribution is 2.10. The molecular formula is C12H26N2O. The second kappa shape index (κ2) is 8.08. The maximum Gasteiger partial charge on any atom is 0.0593 e. The first-order valence-corrected chi connectivity index (χ1v) is 6.32. The van der Waals surface area contributed by atoms with E-state index in [1.54, 1.807) is 0 Å². The fourth-order valence-electron chi connectivity index (χ4n) is 2.02. The fourth-order valence-corrected chi connectivity index (χ4v) is 2.02. The molecule has 0 radical (unpaired) electrons. The van der Waals surface area contributed by atoms with Crippen molar-refractivity contribution >= 4 is 0 Å². The van der Waals surface area contributed by atoms with Crippen LogP contribution in [0, 0.1) is 0 Å². The summed E-state index contributed by atoms with van der Waals surface area (Å²) in [5, 5.41) is 3.58. The molecule has 1 heterocycles. The molecule has 3 nitrogen and oxygen atoms in total. The summed E-state index contributed by atoms with van der Waals surface area (Å²) in [7, 11) is 2.18. The van der Waals surface area contributed by atoms with Crippen LogP contribution in [0.3, 0.4) is 0 Å². The SMILES string of the molecule is CCOCCN(C)CCC1CCCCN1. The molecule has 1 atom stereocenters. The van der Waals surface area contributed by atoms with Gasteiger partial charge in [-0.25, -0.2) is 0 Å². The molecule has 1 N–H and O–H groups in total. The highest BCUT2D eigenvalue weighted by Gasteiger charge is 2.12. The van der Waals surface area contributed by atoms with E-state index in [1.807, 2.05) is 6.92 Å².